The Balaban J connectivity index is 1.54. The predicted octanol–water partition coefficient (Wildman–Crippen LogP) is 4.45. The summed E-state index contributed by atoms with van der Waals surface area (Å²) in [5, 5.41) is 13.3. The van der Waals surface area contributed by atoms with Crippen molar-refractivity contribution < 1.29 is 14.3 Å². The number of hydrogen-bond acceptors (Lipinski definition) is 4. The van der Waals surface area contributed by atoms with Gasteiger partial charge in [0.05, 0.1) is 16.9 Å². The molecule has 3 aromatic rings. The number of carboxylic acid groups (broad SMARTS) is 1. The molecule has 0 aliphatic carbocycles. The zero-order valence-electron chi connectivity index (χ0n) is 18.8. The lowest BCUT2D eigenvalue weighted by molar-refractivity contribution is 0.0695. The molecular weight excluding hydrogens is 523 g/mol. The molecule has 0 bridgehead atoms. The number of aryl methyl sites for hydroxylation is 2. The van der Waals surface area contributed by atoms with E-state index < -0.39 is 17.2 Å². The number of carboxylic acids is 1. The third kappa shape index (κ3) is 4.65. The highest BCUT2D eigenvalue weighted by Crippen LogP contribution is 2.27. The second kappa shape index (κ2) is 9.71. The van der Waals surface area contributed by atoms with E-state index in [2.05, 4.69) is 21.2 Å². The minimum atomic E-state index is -1.32. The van der Waals surface area contributed by atoms with Gasteiger partial charge in [-0.1, -0.05) is 6.07 Å². The summed E-state index contributed by atoms with van der Waals surface area (Å²) >= 11 is 9.14. The Hall–Kier alpha value is -2.98. The summed E-state index contributed by atoms with van der Waals surface area (Å²) in [5.41, 5.74) is 1.88. The molecule has 1 fully saturated rings. The third-order valence-corrected chi connectivity index (χ3v) is 7.01. The highest BCUT2D eigenvalue weighted by molar-refractivity contribution is 9.10. The van der Waals surface area contributed by atoms with Crippen molar-refractivity contribution in [2.24, 2.45) is 0 Å². The lowest BCUT2D eigenvalue weighted by Crippen LogP contribution is -2.50. The number of carbonyl (C=O) groups is 1. The van der Waals surface area contributed by atoms with Crippen molar-refractivity contribution in [2.75, 3.05) is 36.4 Å². The Morgan fingerprint density at radius 1 is 1.21 bits per heavy atom. The maximum atomic E-state index is 15.1. The molecule has 10 heteroatoms. The Morgan fingerprint density at radius 3 is 2.53 bits per heavy atom. The Morgan fingerprint density at radius 2 is 1.91 bits per heavy atom. The summed E-state index contributed by atoms with van der Waals surface area (Å²) in [6.45, 7) is 6.60. The monoisotopic (exact) mass is 546 g/mol. The second-order valence-corrected chi connectivity index (χ2v) is 9.41. The number of piperazine rings is 1. The lowest BCUT2D eigenvalue weighted by atomic mass is 10.1. The van der Waals surface area contributed by atoms with Crippen LogP contribution in [0.2, 0.25) is 0 Å². The summed E-state index contributed by atoms with van der Waals surface area (Å²) in [6, 6.07) is 8.78. The van der Waals surface area contributed by atoms with E-state index in [1.165, 1.54) is 6.20 Å². The van der Waals surface area contributed by atoms with Gasteiger partial charge in [-0.3, -0.25) is 4.79 Å². The first kappa shape index (κ1) is 24.2. The summed E-state index contributed by atoms with van der Waals surface area (Å²) in [7, 11) is 0. The van der Waals surface area contributed by atoms with Crippen LogP contribution in [0.5, 0.6) is 0 Å². The van der Waals surface area contributed by atoms with E-state index in [1.54, 1.807) is 10.6 Å². The molecule has 34 heavy (non-hydrogen) atoms. The van der Waals surface area contributed by atoms with Gasteiger partial charge in [0, 0.05) is 48.8 Å². The SMILES string of the molecule is CCn1cc(C(=O)O)c(=O)c2cc(F)c(N3CCN(C(=S)Nc4ccc(C)cc4Br)CC3)cc21. The van der Waals surface area contributed by atoms with Crippen LogP contribution >= 0.6 is 28.1 Å². The summed E-state index contributed by atoms with van der Waals surface area (Å²) in [5.74, 6) is -1.87. The molecule has 0 saturated carbocycles. The van der Waals surface area contributed by atoms with Gasteiger partial charge < -0.3 is 24.8 Å². The molecule has 2 N–H and O–H groups in total. The van der Waals surface area contributed by atoms with Crippen molar-refractivity contribution in [1.29, 1.82) is 0 Å². The maximum absolute atomic E-state index is 15.1. The molecule has 2 aromatic carbocycles. The molecule has 1 aliphatic heterocycles. The topological polar surface area (TPSA) is 77.8 Å². The fourth-order valence-electron chi connectivity index (χ4n) is 4.12. The number of hydrogen-bond donors (Lipinski definition) is 2. The molecule has 178 valence electrons. The smallest absolute Gasteiger partial charge is 0.341 e. The zero-order valence-corrected chi connectivity index (χ0v) is 21.2. The van der Waals surface area contributed by atoms with E-state index in [-0.39, 0.29) is 10.9 Å². The van der Waals surface area contributed by atoms with Crippen LogP contribution in [-0.2, 0) is 6.54 Å². The molecule has 1 aliphatic rings. The van der Waals surface area contributed by atoms with Gasteiger partial charge in [-0.25, -0.2) is 9.18 Å². The average Bonchev–Trinajstić information content (AvgIpc) is 2.81. The highest BCUT2D eigenvalue weighted by Gasteiger charge is 2.23. The summed E-state index contributed by atoms with van der Waals surface area (Å²) in [6.07, 6.45) is 1.32. The molecular formula is C24H24BrFN4O3S. The van der Waals surface area contributed by atoms with E-state index >= 15 is 4.39 Å². The lowest BCUT2D eigenvalue weighted by Gasteiger charge is -2.37. The maximum Gasteiger partial charge on any atom is 0.341 e. The standard InChI is InChI=1S/C24H24BrFN4O3S/c1-3-28-13-16(23(32)33)22(31)15-11-18(26)21(12-20(15)28)29-6-8-30(9-7-29)24(34)27-19-5-4-14(2)10-17(19)25/h4-5,10-13H,3,6-9H2,1-2H3,(H,27,34)(H,32,33). The Kier molecular flexibility index (Phi) is 6.90. The number of fused-ring (bicyclic) bond motifs is 1. The molecule has 0 radical (unpaired) electrons. The fraction of sp³-hybridized carbons (Fsp3) is 0.292. The number of anilines is 2. The number of rotatable bonds is 4. The van der Waals surface area contributed by atoms with Crippen molar-refractivity contribution >= 4 is 61.5 Å². The minimum Gasteiger partial charge on any atom is -0.477 e. The Bertz CT molecular complexity index is 1350. The third-order valence-electron chi connectivity index (χ3n) is 5.99. The van der Waals surface area contributed by atoms with E-state index in [4.69, 9.17) is 12.2 Å². The summed E-state index contributed by atoms with van der Waals surface area (Å²) in [4.78, 5) is 28.0. The second-order valence-electron chi connectivity index (χ2n) is 8.17. The van der Waals surface area contributed by atoms with Crippen molar-refractivity contribution in [3.05, 3.63) is 68.2 Å². The molecule has 7 nitrogen and oxygen atoms in total. The van der Waals surface area contributed by atoms with Crippen molar-refractivity contribution in [2.45, 2.75) is 20.4 Å². The van der Waals surface area contributed by atoms with Gasteiger partial charge in [0.1, 0.15) is 11.4 Å². The van der Waals surface area contributed by atoms with Crippen molar-refractivity contribution in [3.63, 3.8) is 0 Å². The molecule has 2 heterocycles. The van der Waals surface area contributed by atoms with Gasteiger partial charge in [-0.15, -0.1) is 0 Å². The van der Waals surface area contributed by atoms with Crippen LogP contribution in [0.4, 0.5) is 15.8 Å². The molecule has 4 rings (SSSR count). The van der Waals surface area contributed by atoms with Gasteiger partial charge in [0.15, 0.2) is 5.11 Å². The number of aromatic nitrogens is 1. The van der Waals surface area contributed by atoms with Crippen LogP contribution in [0.15, 0.2) is 45.8 Å². The number of pyridine rings is 1. The van der Waals surface area contributed by atoms with Crippen LogP contribution in [0, 0.1) is 12.7 Å². The number of benzene rings is 2. The molecule has 0 spiro atoms. The predicted molar refractivity (Wildman–Crippen MR) is 140 cm³/mol. The first-order valence-corrected chi connectivity index (χ1v) is 12.1. The first-order chi connectivity index (χ1) is 16.2. The molecule has 1 saturated heterocycles. The van der Waals surface area contributed by atoms with Gasteiger partial charge in [0.25, 0.3) is 0 Å². The minimum absolute atomic E-state index is 0.0655. The van der Waals surface area contributed by atoms with Crippen LogP contribution in [0.3, 0.4) is 0 Å². The molecule has 0 atom stereocenters. The van der Waals surface area contributed by atoms with Crippen molar-refractivity contribution in [1.82, 2.24) is 9.47 Å². The van der Waals surface area contributed by atoms with Gasteiger partial charge in [-0.05, 0) is 71.8 Å². The van der Waals surface area contributed by atoms with Crippen LogP contribution in [-0.4, -0.2) is 51.8 Å². The van der Waals surface area contributed by atoms with E-state index in [0.29, 0.717) is 49.0 Å². The van der Waals surface area contributed by atoms with E-state index in [0.717, 1.165) is 21.8 Å². The number of nitrogens with zero attached hydrogens (tertiary/aromatic N) is 3. The number of nitrogens with one attached hydrogen (secondary N) is 1. The number of halogens is 2. The normalized spacial score (nSPS) is 13.9. The highest BCUT2D eigenvalue weighted by atomic mass is 79.9. The number of aromatic carboxylic acids is 1. The fourth-order valence-corrected chi connectivity index (χ4v) is 5.01. The van der Waals surface area contributed by atoms with Gasteiger partial charge >= 0.3 is 5.97 Å². The van der Waals surface area contributed by atoms with Crippen LogP contribution in [0.25, 0.3) is 10.9 Å². The van der Waals surface area contributed by atoms with E-state index in [9.17, 15) is 14.7 Å². The molecule has 0 unspecified atom stereocenters. The summed E-state index contributed by atoms with van der Waals surface area (Å²) < 4.78 is 17.7. The quantitative estimate of drug-likeness (QED) is 0.468. The van der Waals surface area contributed by atoms with Gasteiger partial charge in [0.2, 0.25) is 5.43 Å². The van der Waals surface area contributed by atoms with Crippen LogP contribution in [0.1, 0.15) is 22.8 Å². The number of thiocarbonyl (C=S) groups is 1. The largest absolute Gasteiger partial charge is 0.477 e. The first-order valence-electron chi connectivity index (χ1n) is 10.9. The zero-order chi connectivity index (χ0) is 24.6. The van der Waals surface area contributed by atoms with Gasteiger partial charge in [-0.2, -0.15) is 0 Å². The Labute approximate surface area is 209 Å². The van der Waals surface area contributed by atoms with E-state index in [1.807, 2.05) is 41.8 Å². The van der Waals surface area contributed by atoms with Crippen LogP contribution < -0.4 is 15.6 Å². The molecule has 1 aromatic heterocycles. The van der Waals surface area contributed by atoms with Crippen molar-refractivity contribution in [3.8, 4) is 0 Å². The molecule has 0 amide bonds. The average molecular weight is 547 g/mol.